The van der Waals surface area contributed by atoms with Gasteiger partial charge in [0.1, 0.15) is 17.1 Å². The fraction of sp³-hybridized carbons (Fsp3) is 0.300. The molecule has 3 aromatic rings. The van der Waals surface area contributed by atoms with Gasteiger partial charge in [0.15, 0.2) is 0 Å². The Morgan fingerprint density at radius 2 is 1.46 bits per heavy atom. The number of halogens is 3. The second-order valence-corrected chi connectivity index (χ2v) is 10.3. The van der Waals surface area contributed by atoms with Gasteiger partial charge in [0, 0.05) is 4.90 Å². The van der Waals surface area contributed by atoms with Gasteiger partial charge in [0.25, 0.3) is 0 Å². The van der Waals surface area contributed by atoms with Crippen molar-refractivity contribution < 1.29 is 27.4 Å². The summed E-state index contributed by atoms with van der Waals surface area (Å²) in [5.41, 5.74) is 2.95. The van der Waals surface area contributed by atoms with Crippen molar-refractivity contribution in [2.24, 2.45) is 0 Å². The molecule has 3 rings (SSSR count). The normalized spacial score (nSPS) is 13.6. The second kappa shape index (κ2) is 12.4. The molecule has 7 heteroatoms. The molecule has 0 aromatic heterocycles. The highest BCUT2D eigenvalue weighted by Crippen LogP contribution is 2.37. The Hall–Kier alpha value is -3.19. The lowest BCUT2D eigenvalue weighted by atomic mass is 10.00. The number of allylic oxidation sites excluding steroid dienone is 1. The molecule has 0 aliphatic carbocycles. The lowest BCUT2D eigenvalue weighted by molar-refractivity contribution is -0.145. The molecule has 0 radical (unpaired) electrons. The highest BCUT2D eigenvalue weighted by molar-refractivity contribution is 8.01. The molecular weight excluding hydrogens is 497 g/mol. The number of carbonyl (C=O) groups excluding carboxylic acids is 1. The zero-order valence-corrected chi connectivity index (χ0v) is 22.2. The minimum absolute atomic E-state index is 0.212. The molecular formula is C30H31F3O3S. The van der Waals surface area contributed by atoms with E-state index in [1.54, 1.807) is 6.92 Å². The van der Waals surface area contributed by atoms with Gasteiger partial charge in [-0.05, 0) is 91.9 Å². The molecule has 37 heavy (non-hydrogen) atoms. The fourth-order valence-electron chi connectivity index (χ4n) is 3.56. The molecule has 0 spiro atoms. The molecule has 0 saturated carbocycles. The summed E-state index contributed by atoms with van der Waals surface area (Å²) in [5, 5.41) is 0. The largest absolute Gasteiger partial charge is 0.490 e. The van der Waals surface area contributed by atoms with Crippen LogP contribution in [0, 0.1) is 0 Å². The van der Waals surface area contributed by atoms with Gasteiger partial charge >= 0.3 is 12.1 Å². The maximum atomic E-state index is 12.8. The standard InChI is InChI=1S/C30H31F3O3S/c1-5-29(4,28(34)35-6-2)37-27-17-15-26(16-18-27)36-20-19-21(3)22-7-9-23(10-8-22)24-11-13-25(14-12-24)30(31,32)33/h7-19H,5-6,20H2,1-4H3/t29-/m1/s1. The van der Waals surface area contributed by atoms with Crippen LogP contribution >= 0.6 is 11.8 Å². The number of rotatable bonds is 10. The van der Waals surface area contributed by atoms with E-state index >= 15 is 0 Å². The minimum Gasteiger partial charge on any atom is -0.490 e. The maximum Gasteiger partial charge on any atom is 0.416 e. The Balaban J connectivity index is 1.57. The predicted octanol–water partition coefficient (Wildman–Crippen LogP) is 8.68. The first-order chi connectivity index (χ1) is 17.6. The number of thioether (sulfide) groups is 1. The summed E-state index contributed by atoms with van der Waals surface area (Å²) >= 11 is 1.48. The van der Waals surface area contributed by atoms with Crippen molar-refractivity contribution in [3.05, 3.63) is 90.0 Å². The number of hydrogen-bond donors (Lipinski definition) is 0. The van der Waals surface area contributed by atoms with Crippen molar-refractivity contribution >= 4 is 23.3 Å². The van der Waals surface area contributed by atoms with Crippen LogP contribution in [0.2, 0.25) is 0 Å². The molecule has 0 fully saturated rings. The van der Waals surface area contributed by atoms with Crippen molar-refractivity contribution in [1.82, 2.24) is 0 Å². The van der Waals surface area contributed by atoms with Crippen molar-refractivity contribution in [2.45, 2.75) is 49.9 Å². The number of ether oxygens (including phenoxy) is 2. The molecule has 0 aliphatic rings. The molecule has 0 N–H and O–H groups in total. The van der Waals surface area contributed by atoms with Crippen LogP contribution in [0.25, 0.3) is 16.7 Å². The van der Waals surface area contributed by atoms with Gasteiger partial charge < -0.3 is 9.47 Å². The number of carbonyl (C=O) groups is 1. The molecule has 0 amide bonds. The van der Waals surface area contributed by atoms with Crippen LogP contribution in [0.4, 0.5) is 13.2 Å². The van der Waals surface area contributed by atoms with Crippen molar-refractivity contribution in [2.75, 3.05) is 13.2 Å². The highest BCUT2D eigenvalue weighted by atomic mass is 32.2. The maximum absolute atomic E-state index is 12.8. The Bertz CT molecular complexity index is 1200. The monoisotopic (exact) mass is 528 g/mol. The SMILES string of the molecule is CCOC(=O)[C@@](C)(CC)Sc1ccc(OCC=C(C)c2ccc(-c3ccc(C(F)(F)F)cc3)cc2)cc1. The van der Waals surface area contributed by atoms with Crippen molar-refractivity contribution in [1.29, 1.82) is 0 Å². The lowest BCUT2D eigenvalue weighted by Crippen LogP contribution is -2.32. The summed E-state index contributed by atoms with van der Waals surface area (Å²) in [7, 11) is 0. The Morgan fingerprint density at radius 3 is 1.97 bits per heavy atom. The minimum atomic E-state index is -4.34. The summed E-state index contributed by atoms with van der Waals surface area (Å²) < 4.78 is 48.8. The third-order valence-corrected chi connectivity index (χ3v) is 7.49. The Labute approximate surface area is 220 Å². The van der Waals surface area contributed by atoms with Gasteiger partial charge in [0.05, 0.1) is 12.2 Å². The van der Waals surface area contributed by atoms with Gasteiger partial charge in [-0.15, -0.1) is 11.8 Å². The number of benzene rings is 3. The molecule has 1 atom stereocenters. The van der Waals surface area contributed by atoms with Crippen molar-refractivity contribution in [3.63, 3.8) is 0 Å². The average molecular weight is 529 g/mol. The molecule has 0 bridgehead atoms. The average Bonchev–Trinajstić information content (AvgIpc) is 2.89. The third-order valence-electron chi connectivity index (χ3n) is 6.07. The van der Waals surface area contributed by atoms with Gasteiger partial charge in [-0.1, -0.05) is 43.3 Å². The van der Waals surface area contributed by atoms with Gasteiger partial charge in [-0.25, -0.2) is 0 Å². The molecule has 0 heterocycles. The smallest absolute Gasteiger partial charge is 0.416 e. The quantitative estimate of drug-likeness (QED) is 0.195. The number of alkyl halides is 3. The lowest BCUT2D eigenvalue weighted by Gasteiger charge is -2.25. The number of esters is 1. The van der Waals surface area contributed by atoms with Crippen LogP contribution in [0.5, 0.6) is 5.75 Å². The van der Waals surface area contributed by atoms with E-state index in [1.165, 1.54) is 23.9 Å². The zero-order chi connectivity index (χ0) is 27.1. The van der Waals surface area contributed by atoms with E-state index < -0.39 is 16.5 Å². The molecule has 3 nitrogen and oxygen atoms in total. The summed E-state index contributed by atoms with van der Waals surface area (Å²) in [4.78, 5) is 13.3. The van der Waals surface area contributed by atoms with E-state index in [1.807, 2.05) is 75.4 Å². The van der Waals surface area contributed by atoms with E-state index in [0.29, 0.717) is 19.6 Å². The van der Waals surface area contributed by atoms with Crippen LogP contribution in [0.15, 0.2) is 83.8 Å². The van der Waals surface area contributed by atoms with Crippen LogP contribution in [-0.4, -0.2) is 23.9 Å². The summed E-state index contributed by atoms with van der Waals surface area (Å²) in [6.07, 6.45) is -1.71. The molecule has 0 aliphatic heterocycles. The van der Waals surface area contributed by atoms with Gasteiger partial charge in [0.2, 0.25) is 0 Å². The first-order valence-corrected chi connectivity index (χ1v) is 12.9. The third kappa shape index (κ3) is 7.65. The Morgan fingerprint density at radius 1 is 0.892 bits per heavy atom. The van der Waals surface area contributed by atoms with E-state index in [4.69, 9.17) is 9.47 Å². The summed E-state index contributed by atoms with van der Waals surface area (Å²) in [6, 6.07) is 20.5. The highest BCUT2D eigenvalue weighted by Gasteiger charge is 2.34. The van der Waals surface area contributed by atoms with Gasteiger partial charge in [-0.2, -0.15) is 13.2 Å². The molecule has 196 valence electrons. The molecule has 0 unspecified atom stereocenters. The molecule has 0 saturated heterocycles. The Kier molecular flexibility index (Phi) is 9.49. The van der Waals surface area contributed by atoms with Crippen LogP contribution in [0.1, 0.15) is 45.2 Å². The first kappa shape index (κ1) is 28.4. The second-order valence-electron chi connectivity index (χ2n) is 8.73. The van der Waals surface area contributed by atoms with Crippen LogP contribution in [-0.2, 0) is 15.7 Å². The number of hydrogen-bond acceptors (Lipinski definition) is 4. The van der Waals surface area contributed by atoms with E-state index in [0.717, 1.165) is 45.0 Å². The van der Waals surface area contributed by atoms with E-state index in [-0.39, 0.29) is 5.97 Å². The van der Waals surface area contributed by atoms with Gasteiger partial charge in [-0.3, -0.25) is 4.79 Å². The predicted molar refractivity (Wildman–Crippen MR) is 144 cm³/mol. The zero-order valence-electron chi connectivity index (χ0n) is 21.4. The first-order valence-electron chi connectivity index (χ1n) is 12.1. The molecule has 3 aromatic carbocycles. The summed E-state index contributed by atoms with van der Waals surface area (Å²) in [6.45, 7) is 8.39. The van der Waals surface area contributed by atoms with E-state index in [2.05, 4.69) is 0 Å². The van der Waals surface area contributed by atoms with Crippen molar-refractivity contribution in [3.8, 4) is 16.9 Å². The van der Waals surface area contributed by atoms with Crippen LogP contribution in [0.3, 0.4) is 0 Å². The summed E-state index contributed by atoms with van der Waals surface area (Å²) in [5.74, 6) is 0.510. The fourth-order valence-corrected chi connectivity index (χ4v) is 4.64. The topological polar surface area (TPSA) is 35.5 Å². The van der Waals surface area contributed by atoms with E-state index in [9.17, 15) is 18.0 Å². The van der Waals surface area contributed by atoms with Crippen LogP contribution < -0.4 is 4.74 Å².